The Bertz CT molecular complexity index is 482. The molecule has 2 amide bonds. The molecular weight excluding hydrogens is 268 g/mol. The Labute approximate surface area is 126 Å². The summed E-state index contributed by atoms with van der Waals surface area (Å²) >= 11 is 0. The standard InChI is InChI=1S/C15H26N4O2/c1-11(10-19-13(3)8-12(2)17-19)9-16-15(21)18(6-7-20)14-4-5-14/h8,11,14,20H,4-7,9-10H2,1-3H3,(H,16,21). The Balaban J connectivity index is 1.78. The number of aromatic nitrogens is 2. The monoisotopic (exact) mass is 294 g/mol. The highest BCUT2D eigenvalue weighted by atomic mass is 16.3. The quantitative estimate of drug-likeness (QED) is 0.796. The number of urea groups is 1. The number of hydrogen-bond donors (Lipinski definition) is 2. The van der Waals surface area contributed by atoms with Crippen molar-refractivity contribution >= 4 is 6.03 Å². The van der Waals surface area contributed by atoms with Crippen LogP contribution in [0.2, 0.25) is 0 Å². The summed E-state index contributed by atoms with van der Waals surface area (Å²) in [4.78, 5) is 13.9. The number of amides is 2. The van der Waals surface area contributed by atoms with E-state index in [9.17, 15) is 4.79 Å². The Morgan fingerprint density at radius 3 is 2.81 bits per heavy atom. The summed E-state index contributed by atoms with van der Waals surface area (Å²) in [6.45, 7) is 7.98. The van der Waals surface area contributed by atoms with Crippen LogP contribution in [-0.4, -0.2) is 51.6 Å². The fourth-order valence-corrected chi connectivity index (χ4v) is 2.53. The second kappa shape index (κ2) is 6.93. The molecule has 1 aromatic heterocycles. The summed E-state index contributed by atoms with van der Waals surface area (Å²) in [6.07, 6.45) is 2.10. The number of nitrogens with zero attached hydrogens (tertiary/aromatic N) is 3. The minimum atomic E-state index is -0.0632. The van der Waals surface area contributed by atoms with Gasteiger partial charge in [-0.3, -0.25) is 4.68 Å². The second-order valence-electron chi connectivity index (χ2n) is 6.05. The molecule has 6 nitrogen and oxygen atoms in total. The smallest absolute Gasteiger partial charge is 0.317 e. The summed E-state index contributed by atoms with van der Waals surface area (Å²) in [7, 11) is 0. The van der Waals surface area contributed by atoms with E-state index >= 15 is 0 Å². The Hall–Kier alpha value is -1.56. The number of carbonyl (C=O) groups is 1. The van der Waals surface area contributed by atoms with Crippen LogP contribution in [0, 0.1) is 19.8 Å². The van der Waals surface area contributed by atoms with E-state index < -0.39 is 0 Å². The molecule has 1 unspecified atom stereocenters. The highest BCUT2D eigenvalue weighted by Gasteiger charge is 2.32. The fraction of sp³-hybridized carbons (Fsp3) is 0.733. The van der Waals surface area contributed by atoms with Crippen LogP contribution in [0.15, 0.2) is 6.07 Å². The topological polar surface area (TPSA) is 70.4 Å². The van der Waals surface area contributed by atoms with Crippen molar-refractivity contribution in [2.75, 3.05) is 19.7 Å². The normalized spacial score (nSPS) is 15.8. The van der Waals surface area contributed by atoms with Gasteiger partial charge in [-0.25, -0.2) is 4.79 Å². The molecule has 1 aliphatic rings. The van der Waals surface area contributed by atoms with Gasteiger partial charge < -0.3 is 15.3 Å². The van der Waals surface area contributed by atoms with E-state index in [4.69, 9.17) is 5.11 Å². The first-order valence-electron chi connectivity index (χ1n) is 7.67. The van der Waals surface area contributed by atoms with Crippen molar-refractivity contribution in [3.05, 3.63) is 17.5 Å². The van der Waals surface area contributed by atoms with Crippen LogP contribution in [0.3, 0.4) is 0 Å². The Morgan fingerprint density at radius 2 is 2.29 bits per heavy atom. The van der Waals surface area contributed by atoms with E-state index in [1.165, 1.54) is 0 Å². The number of aryl methyl sites for hydroxylation is 2. The van der Waals surface area contributed by atoms with E-state index in [1.807, 2.05) is 18.5 Å². The van der Waals surface area contributed by atoms with Crippen LogP contribution < -0.4 is 5.32 Å². The summed E-state index contributed by atoms with van der Waals surface area (Å²) in [5.74, 6) is 0.308. The molecule has 0 bridgehead atoms. The van der Waals surface area contributed by atoms with Gasteiger partial charge in [0.25, 0.3) is 0 Å². The summed E-state index contributed by atoms with van der Waals surface area (Å²) in [6, 6.07) is 2.32. The van der Waals surface area contributed by atoms with E-state index in [1.54, 1.807) is 4.90 Å². The minimum Gasteiger partial charge on any atom is -0.395 e. The SMILES string of the molecule is Cc1cc(C)n(CC(C)CNC(=O)N(CCO)C2CC2)n1. The van der Waals surface area contributed by atoms with Gasteiger partial charge in [0.1, 0.15) is 0 Å². The molecule has 1 saturated carbocycles. The number of rotatable bonds is 7. The molecular formula is C15H26N4O2. The van der Waals surface area contributed by atoms with Crippen molar-refractivity contribution in [2.45, 2.75) is 46.2 Å². The third kappa shape index (κ3) is 4.46. The van der Waals surface area contributed by atoms with Crippen molar-refractivity contribution in [3.8, 4) is 0 Å². The number of hydrogen-bond acceptors (Lipinski definition) is 3. The molecule has 1 aromatic rings. The lowest BCUT2D eigenvalue weighted by molar-refractivity contribution is 0.172. The van der Waals surface area contributed by atoms with Gasteiger partial charge in [-0.2, -0.15) is 5.10 Å². The Morgan fingerprint density at radius 1 is 1.57 bits per heavy atom. The highest BCUT2D eigenvalue weighted by molar-refractivity contribution is 5.74. The molecule has 1 aliphatic carbocycles. The summed E-state index contributed by atoms with van der Waals surface area (Å²) < 4.78 is 1.98. The molecule has 0 aromatic carbocycles. The molecule has 0 saturated heterocycles. The summed E-state index contributed by atoms with van der Waals surface area (Å²) in [5.41, 5.74) is 2.16. The first kappa shape index (κ1) is 15.8. The molecule has 21 heavy (non-hydrogen) atoms. The zero-order valence-corrected chi connectivity index (χ0v) is 13.2. The molecule has 0 spiro atoms. The van der Waals surface area contributed by atoms with Gasteiger partial charge in [-0.1, -0.05) is 6.92 Å². The lowest BCUT2D eigenvalue weighted by Crippen LogP contribution is -2.44. The van der Waals surface area contributed by atoms with Crippen molar-refractivity contribution < 1.29 is 9.90 Å². The first-order valence-corrected chi connectivity index (χ1v) is 7.67. The summed E-state index contributed by atoms with van der Waals surface area (Å²) in [5, 5.41) is 16.4. The molecule has 0 radical (unpaired) electrons. The van der Waals surface area contributed by atoms with E-state index in [-0.39, 0.29) is 12.6 Å². The molecule has 6 heteroatoms. The molecule has 0 aliphatic heterocycles. The zero-order chi connectivity index (χ0) is 15.4. The van der Waals surface area contributed by atoms with Gasteiger partial charge in [0.2, 0.25) is 0 Å². The predicted octanol–water partition coefficient (Wildman–Crippen LogP) is 1.30. The maximum absolute atomic E-state index is 12.1. The number of aliphatic hydroxyl groups is 1. The van der Waals surface area contributed by atoms with Gasteiger partial charge in [0.05, 0.1) is 12.3 Å². The van der Waals surface area contributed by atoms with Crippen molar-refractivity contribution in [3.63, 3.8) is 0 Å². The van der Waals surface area contributed by atoms with Crippen LogP contribution in [0.25, 0.3) is 0 Å². The van der Waals surface area contributed by atoms with E-state index in [2.05, 4.69) is 23.4 Å². The Kier molecular flexibility index (Phi) is 5.22. The second-order valence-corrected chi connectivity index (χ2v) is 6.05. The van der Waals surface area contributed by atoms with Crippen molar-refractivity contribution in [2.24, 2.45) is 5.92 Å². The van der Waals surface area contributed by atoms with Crippen molar-refractivity contribution in [1.29, 1.82) is 0 Å². The first-order chi connectivity index (χ1) is 10.0. The lowest BCUT2D eigenvalue weighted by atomic mass is 10.2. The van der Waals surface area contributed by atoms with Gasteiger partial charge in [0, 0.05) is 31.4 Å². The van der Waals surface area contributed by atoms with Gasteiger partial charge >= 0.3 is 6.03 Å². The third-order valence-corrected chi connectivity index (χ3v) is 3.78. The molecule has 2 N–H and O–H groups in total. The van der Waals surface area contributed by atoms with Crippen LogP contribution >= 0.6 is 0 Å². The number of aliphatic hydroxyl groups excluding tert-OH is 1. The van der Waals surface area contributed by atoms with Crippen LogP contribution in [0.1, 0.15) is 31.2 Å². The van der Waals surface area contributed by atoms with E-state index in [0.717, 1.165) is 30.8 Å². The van der Waals surface area contributed by atoms with Crippen molar-refractivity contribution in [1.82, 2.24) is 20.0 Å². The lowest BCUT2D eigenvalue weighted by Gasteiger charge is -2.23. The average molecular weight is 294 g/mol. The molecule has 1 heterocycles. The largest absolute Gasteiger partial charge is 0.395 e. The average Bonchev–Trinajstić information content (AvgIpc) is 3.21. The molecule has 1 fully saturated rings. The number of carbonyl (C=O) groups excluding carboxylic acids is 1. The molecule has 2 rings (SSSR count). The fourth-order valence-electron chi connectivity index (χ4n) is 2.53. The number of nitrogens with one attached hydrogen (secondary N) is 1. The minimum absolute atomic E-state index is 0.0191. The maximum Gasteiger partial charge on any atom is 0.317 e. The third-order valence-electron chi connectivity index (χ3n) is 3.78. The predicted molar refractivity (Wildman–Crippen MR) is 81.1 cm³/mol. The maximum atomic E-state index is 12.1. The van der Waals surface area contributed by atoms with Crippen LogP contribution in [0.5, 0.6) is 0 Å². The molecule has 1 atom stereocenters. The molecule has 118 valence electrons. The van der Waals surface area contributed by atoms with Crippen LogP contribution in [-0.2, 0) is 6.54 Å². The van der Waals surface area contributed by atoms with Gasteiger partial charge in [0.15, 0.2) is 0 Å². The van der Waals surface area contributed by atoms with Crippen LogP contribution in [0.4, 0.5) is 4.79 Å². The van der Waals surface area contributed by atoms with E-state index in [0.29, 0.717) is 25.0 Å². The van der Waals surface area contributed by atoms with Gasteiger partial charge in [-0.15, -0.1) is 0 Å². The van der Waals surface area contributed by atoms with Gasteiger partial charge in [-0.05, 0) is 38.7 Å². The zero-order valence-electron chi connectivity index (χ0n) is 13.2. The highest BCUT2D eigenvalue weighted by Crippen LogP contribution is 2.26.